The highest BCUT2D eigenvalue weighted by atomic mass is 32.2. The normalized spacial score (nSPS) is 11.1. The lowest BCUT2D eigenvalue weighted by Crippen LogP contribution is -1.93. The van der Waals surface area contributed by atoms with Crippen molar-refractivity contribution in [3.63, 3.8) is 0 Å². The van der Waals surface area contributed by atoms with Crippen molar-refractivity contribution in [2.75, 3.05) is 6.61 Å². The molecule has 0 aromatic carbocycles. The molecule has 0 aromatic rings. The summed E-state index contributed by atoms with van der Waals surface area (Å²) >= 11 is 0.474. The first-order chi connectivity index (χ1) is 12.3. The molecule has 0 unspecified atom stereocenters. The Balaban J connectivity index is 2.97. The maximum Gasteiger partial charge on any atom is 0.303 e. The third-order valence-corrected chi connectivity index (χ3v) is 4.94. The lowest BCUT2D eigenvalue weighted by Gasteiger charge is -2.04. The summed E-state index contributed by atoms with van der Waals surface area (Å²) in [6.07, 6.45) is 21.9. The Morgan fingerprint density at radius 3 is 1.24 bits per heavy atom. The molecule has 0 amide bonds. The number of carboxylic acid groups (broad SMARTS) is 1. The summed E-state index contributed by atoms with van der Waals surface area (Å²) in [5, 5.41) is 8.55. The SMILES string of the molecule is O=C(O)CCCCCCCCCCCCCCCCCCCOSO. The molecule has 0 aliphatic carbocycles. The second-order valence-corrected chi connectivity index (χ2v) is 7.44. The molecule has 0 heterocycles. The van der Waals surface area contributed by atoms with Crippen molar-refractivity contribution < 1.29 is 18.6 Å². The van der Waals surface area contributed by atoms with Crippen molar-refractivity contribution in [2.45, 2.75) is 116 Å². The summed E-state index contributed by atoms with van der Waals surface area (Å²) in [7, 11) is 0. The van der Waals surface area contributed by atoms with Crippen molar-refractivity contribution in [1.29, 1.82) is 0 Å². The number of hydrogen-bond acceptors (Lipinski definition) is 4. The molecule has 0 saturated carbocycles. The minimum atomic E-state index is -0.663. The average molecular weight is 377 g/mol. The van der Waals surface area contributed by atoms with Crippen LogP contribution in [0.1, 0.15) is 116 Å². The predicted octanol–water partition coefficient (Wildman–Crippen LogP) is 7.23. The Kier molecular flexibility index (Phi) is 21.6. The fourth-order valence-corrected chi connectivity index (χ4v) is 3.32. The molecule has 150 valence electrons. The first-order valence-corrected chi connectivity index (χ1v) is 11.1. The number of rotatable bonds is 21. The largest absolute Gasteiger partial charge is 0.481 e. The van der Waals surface area contributed by atoms with Gasteiger partial charge in [0.1, 0.15) is 0 Å². The van der Waals surface area contributed by atoms with Crippen LogP contribution in [0.15, 0.2) is 0 Å². The van der Waals surface area contributed by atoms with Crippen LogP contribution >= 0.6 is 12.3 Å². The van der Waals surface area contributed by atoms with E-state index in [1.165, 1.54) is 89.9 Å². The van der Waals surface area contributed by atoms with Crippen molar-refractivity contribution in [2.24, 2.45) is 0 Å². The average Bonchev–Trinajstić information content (AvgIpc) is 2.60. The first kappa shape index (κ1) is 24.7. The second-order valence-electron chi connectivity index (χ2n) is 7.05. The van der Waals surface area contributed by atoms with Gasteiger partial charge in [0.25, 0.3) is 0 Å². The molecule has 0 atom stereocenters. The van der Waals surface area contributed by atoms with Crippen LogP contribution in [0.5, 0.6) is 0 Å². The van der Waals surface area contributed by atoms with E-state index < -0.39 is 5.97 Å². The van der Waals surface area contributed by atoms with Crippen LogP contribution < -0.4 is 0 Å². The van der Waals surface area contributed by atoms with Crippen LogP contribution in [0.25, 0.3) is 0 Å². The molecule has 0 saturated heterocycles. The van der Waals surface area contributed by atoms with Gasteiger partial charge in [-0.25, -0.2) is 0 Å². The maximum atomic E-state index is 10.4. The Hall–Kier alpha value is -0.260. The van der Waals surface area contributed by atoms with Gasteiger partial charge < -0.3 is 9.66 Å². The Morgan fingerprint density at radius 1 is 0.600 bits per heavy atom. The van der Waals surface area contributed by atoms with Gasteiger partial charge >= 0.3 is 5.97 Å². The second kappa shape index (κ2) is 21.8. The lowest BCUT2D eigenvalue weighted by molar-refractivity contribution is -0.137. The Morgan fingerprint density at radius 2 is 0.920 bits per heavy atom. The summed E-state index contributed by atoms with van der Waals surface area (Å²) < 4.78 is 13.2. The molecule has 25 heavy (non-hydrogen) atoms. The van der Waals surface area contributed by atoms with E-state index in [1.807, 2.05) is 0 Å². The number of carboxylic acids is 1. The fourth-order valence-electron chi connectivity index (χ4n) is 3.13. The van der Waals surface area contributed by atoms with Crippen molar-refractivity contribution in [3.8, 4) is 0 Å². The number of aliphatic carboxylic acids is 1. The molecule has 0 spiro atoms. The van der Waals surface area contributed by atoms with Gasteiger partial charge in [-0.1, -0.05) is 96.3 Å². The van der Waals surface area contributed by atoms with Gasteiger partial charge in [-0.3, -0.25) is 8.98 Å². The molecule has 0 radical (unpaired) electrons. The van der Waals surface area contributed by atoms with E-state index in [1.54, 1.807) is 0 Å². The Labute approximate surface area is 159 Å². The minimum Gasteiger partial charge on any atom is -0.481 e. The van der Waals surface area contributed by atoms with E-state index in [9.17, 15) is 4.79 Å². The summed E-state index contributed by atoms with van der Waals surface area (Å²) in [5.41, 5.74) is 0. The summed E-state index contributed by atoms with van der Waals surface area (Å²) in [4.78, 5) is 10.4. The van der Waals surface area contributed by atoms with E-state index in [2.05, 4.69) is 0 Å². The van der Waals surface area contributed by atoms with Crippen LogP contribution in [0.3, 0.4) is 0 Å². The van der Waals surface area contributed by atoms with Gasteiger partial charge in [-0.15, -0.1) is 0 Å². The zero-order chi connectivity index (χ0) is 18.4. The predicted molar refractivity (Wildman–Crippen MR) is 107 cm³/mol. The molecular formula is C20H40O4S. The van der Waals surface area contributed by atoms with Gasteiger partial charge in [0.2, 0.25) is 0 Å². The number of unbranched alkanes of at least 4 members (excludes halogenated alkanes) is 16. The van der Waals surface area contributed by atoms with Crippen LogP contribution in [0, 0.1) is 0 Å². The molecule has 2 N–H and O–H groups in total. The van der Waals surface area contributed by atoms with Gasteiger partial charge in [0, 0.05) is 6.42 Å². The summed E-state index contributed by atoms with van der Waals surface area (Å²) in [6.45, 7) is 0.659. The van der Waals surface area contributed by atoms with Crippen LogP contribution in [0.2, 0.25) is 0 Å². The third-order valence-electron chi connectivity index (χ3n) is 4.67. The highest BCUT2D eigenvalue weighted by Crippen LogP contribution is 2.14. The van der Waals surface area contributed by atoms with E-state index in [4.69, 9.17) is 13.8 Å². The van der Waals surface area contributed by atoms with E-state index in [-0.39, 0.29) is 0 Å². The van der Waals surface area contributed by atoms with Gasteiger partial charge in [0.05, 0.1) is 6.61 Å². The summed E-state index contributed by atoms with van der Waals surface area (Å²) in [5.74, 6) is -0.663. The molecule has 0 fully saturated rings. The minimum absolute atomic E-state index is 0.332. The molecule has 4 nitrogen and oxygen atoms in total. The summed E-state index contributed by atoms with van der Waals surface area (Å²) in [6, 6.07) is 0. The molecule has 5 heteroatoms. The first-order valence-electron chi connectivity index (χ1n) is 10.4. The van der Waals surface area contributed by atoms with E-state index in [0.29, 0.717) is 25.4 Å². The van der Waals surface area contributed by atoms with Gasteiger partial charge in [-0.2, -0.15) is 0 Å². The molecule has 0 rings (SSSR count). The maximum absolute atomic E-state index is 10.4. The van der Waals surface area contributed by atoms with Gasteiger partial charge in [-0.05, 0) is 12.8 Å². The van der Waals surface area contributed by atoms with E-state index >= 15 is 0 Å². The van der Waals surface area contributed by atoms with Crippen molar-refractivity contribution in [3.05, 3.63) is 0 Å². The van der Waals surface area contributed by atoms with Gasteiger partial charge in [0.15, 0.2) is 12.3 Å². The highest BCUT2D eigenvalue weighted by molar-refractivity contribution is 7.88. The van der Waals surface area contributed by atoms with Crippen LogP contribution in [0.4, 0.5) is 0 Å². The number of hydrogen-bond donors (Lipinski definition) is 2. The topological polar surface area (TPSA) is 66.8 Å². The molecule has 0 aliphatic rings. The van der Waals surface area contributed by atoms with Crippen molar-refractivity contribution >= 4 is 18.3 Å². The fraction of sp³-hybridized carbons (Fsp3) is 0.950. The van der Waals surface area contributed by atoms with Crippen molar-refractivity contribution in [1.82, 2.24) is 0 Å². The Bertz CT molecular complexity index is 274. The lowest BCUT2D eigenvalue weighted by atomic mass is 10.0. The number of carbonyl (C=O) groups is 1. The van der Waals surface area contributed by atoms with Crippen LogP contribution in [-0.2, 0) is 8.98 Å². The molecule has 0 aromatic heterocycles. The zero-order valence-electron chi connectivity index (χ0n) is 16.1. The quantitative estimate of drug-likeness (QED) is 0.163. The van der Waals surface area contributed by atoms with Crippen LogP contribution in [-0.4, -0.2) is 22.2 Å². The molecule has 0 bridgehead atoms. The monoisotopic (exact) mass is 376 g/mol. The zero-order valence-corrected chi connectivity index (χ0v) is 16.9. The standard InChI is InChI=1S/C20H40O4S/c21-20(22)18-16-14-12-10-8-6-4-2-1-3-5-7-9-11-13-15-17-19-24-25-23/h23H,1-19H2,(H,21,22). The smallest absolute Gasteiger partial charge is 0.303 e. The molecule has 0 aliphatic heterocycles. The highest BCUT2D eigenvalue weighted by Gasteiger charge is 1.97. The molecular weight excluding hydrogens is 336 g/mol. The third kappa shape index (κ3) is 23.7. The van der Waals surface area contributed by atoms with E-state index in [0.717, 1.165) is 19.3 Å².